The van der Waals surface area contributed by atoms with E-state index in [1.54, 1.807) is 24.3 Å². The Balaban J connectivity index is 1.96. The number of nitrogens with one attached hydrogen (secondary N) is 1. The second-order valence-corrected chi connectivity index (χ2v) is 5.19. The lowest BCUT2D eigenvalue weighted by molar-refractivity contribution is -0.172. The quantitative estimate of drug-likeness (QED) is 0.830. The molecular weight excluding hydrogens is 272 g/mol. The van der Waals surface area contributed by atoms with E-state index in [4.69, 9.17) is 4.84 Å². The summed E-state index contributed by atoms with van der Waals surface area (Å²) in [5.74, 6) is -1.67. The van der Waals surface area contributed by atoms with Crippen molar-refractivity contribution >= 4 is 17.8 Å². The number of carbonyl (C=O) groups excluding carboxylic acids is 3. The Morgan fingerprint density at radius 2 is 1.76 bits per heavy atom. The van der Waals surface area contributed by atoms with Gasteiger partial charge in [0.25, 0.3) is 11.8 Å². The molecule has 6 nitrogen and oxygen atoms in total. The van der Waals surface area contributed by atoms with Crippen LogP contribution in [0, 0.1) is 0 Å². The fraction of sp³-hybridized carbons (Fsp3) is 0.400. The molecule has 0 unspecified atom stereocenters. The first-order chi connectivity index (χ1) is 9.97. The van der Waals surface area contributed by atoms with Gasteiger partial charge < -0.3 is 10.2 Å². The van der Waals surface area contributed by atoms with Gasteiger partial charge in [0.05, 0.1) is 5.56 Å². The van der Waals surface area contributed by atoms with Gasteiger partial charge in [0, 0.05) is 25.4 Å². The van der Waals surface area contributed by atoms with Crippen LogP contribution in [-0.2, 0) is 21.0 Å². The average molecular weight is 290 g/mol. The van der Waals surface area contributed by atoms with Crippen LogP contribution in [0.1, 0.15) is 42.6 Å². The molecule has 0 radical (unpaired) electrons. The number of carbonyl (C=O) groups is 3. The highest BCUT2D eigenvalue weighted by atomic mass is 16.7. The summed E-state index contributed by atoms with van der Waals surface area (Å²) in [6, 6.07) is 7.22. The maximum absolute atomic E-state index is 11.9. The molecule has 0 aliphatic carbocycles. The van der Waals surface area contributed by atoms with E-state index in [-0.39, 0.29) is 12.8 Å². The van der Waals surface area contributed by atoms with Crippen LogP contribution in [0.4, 0.5) is 0 Å². The summed E-state index contributed by atoms with van der Waals surface area (Å²) in [7, 11) is 0. The molecule has 2 rings (SSSR count). The Kier molecular flexibility index (Phi) is 4.70. The van der Waals surface area contributed by atoms with Gasteiger partial charge in [-0.15, -0.1) is 5.06 Å². The predicted octanol–water partition coefficient (Wildman–Crippen LogP) is 1.41. The van der Waals surface area contributed by atoms with Crippen LogP contribution in [0.15, 0.2) is 24.3 Å². The second kappa shape index (κ2) is 6.49. The Bertz CT molecular complexity index is 535. The minimum Gasteiger partial charge on any atom is -0.325 e. The standard InChI is InChI=1S/C15H18N2O4/c1-10(2)16-9-11-3-5-12(6-4-11)15(20)21-17-13(18)7-8-14(17)19/h3-6,10,16H,7-9H2,1-2H3. The van der Waals surface area contributed by atoms with Crippen LogP contribution in [0.5, 0.6) is 0 Å². The summed E-state index contributed by atoms with van der Waals surface area (Å²) in [6.07, 6.45) is 0.178. The van der Waals surface area contributed by atoms with E-state index in [9.17, 15) is 14.4 Å². The maximum Gasteiger partial charge on any atom is 0.363 e. The number of rotatable bonds is 5. The van der Waals surface area contributed by atoms with Crippen molar-refractivity contribution in [3.05, 3.63) is 35.4 Å². The van der Waals surface area contributed by atoms with Crippen LogP contribution in [0.2, 0.25) is 0 Å². The lowest BCUT2D eigenvalue weighted by atomic mass is 10.1. The zero-order valence-electron chi connectivity index (χ0n) is 12.1. The molecule has 1 aliphatic rings. The third-order valence-electron chi connectivity index (χ3n) is 3.08. The normalized spacial score (nSPS) is 14.9. The van der Waals surface area contributed by atoms with Gasteiger partial charge in [-0.25, -0.2) is 4.79 Å². The predicted molar refractivity (Wildman–Crippen MR) is 74.9 cm³/mol. The van der Waals surface area contributed by atoms with Gasteiger partial charge in [0.2, 0.25) is 0 Å². The lowest BCUT2D eigenvalue weighted by Gasteiger charge is -2.13. The molecule has 1 aromatic rings. The van der Waals surface area contributed by atoms with Crippen molar-refractivity contribution < 1.29 is 19.2 Å². The van der Waals surface area contributed by atoms with Gasteiger partial charge in [-0.2, -0.15) is 0 Å². The molecule has 1 N–H and O–H groups in total. The van der Waals surface area contributed by atoms with Crippen LogP contribution < -0.4 is 5.32 Å². The number of benzene rings is 1. The van der Waals surface area contributed by atoms with Gasteiger partial charge in [0.15, 0.2) is 0 Å². The molecule has 0 atom stereocenters. The van der Waals surface area contributed by atoms with E-state index in [0.717, 1.165) is 5.56 Å². The molecule has 2 amide bonds. The molecule has 6 heteroatoms. The van der Waals surface area contributed by atoms with Crippen molar-refractivity contribution in [2.45, 2.75) is 39.3 Å². The number of imide groups is 1. The summed E-state index contributed by atoms with van der Waals surface area (Å²) in [4.78, 5) is 39.5. The summed E-state index contributed by atoms with van der Waals surface area (Å²) in [5, 5.41) is 3.82. The third kappa shape index (κ3) is 3.88. The Hall–Kier alpha value is -2.21. The number of hydrogen-bond donors (Lipinski definition) is 1. The molecule has 112 valence electrons. The van der Waals surface area contributed by atoms with Crippen molar-refractivity contribution in [2.24, 2.45) is 0 Å². The van der Waals surface area contributed by atoms with E-state index >= 15 is 0 Å². The Morgan fingerprint density at radius 1 is 1.19 bits per heavy atom. The van der Waals surface area contributed by atoms with Crippen LogP contribution in [0.3, 0.4) is 0 Å². The number of nitrogens with zero attached hydrogens (tertiary/aromatic N) is 1. The maximum atomic E-state index is 11.9. The molecule has 1 heterocycles. The molecule has 21 heavy (non-hydrogen) atoms. The molecule has 0 spiro atoms. The first kappa shape index (κ1) is 15.2. The SMILES string of the molecule is CC(C)NCc1ccc(C(=O)ON2C(=O)CCC2=O)cc1. The van der Waals surface area contributed by atoms with Crippen molar-refractivity contribution in [1.82, 2.24) is 10.4 Å². The highest BCUT2D eigenvalue weighted by Crippen LogP contribution is 2.14. The van der Waals surface area contributed by atoms with Gasteiger partial charge in [0.1, 0.15) is 0 Å². The fourth-order valence-electron chi connectivity index (χ4n) is 1.87. The van der Waals surface area contributed by atoms with E-state index in [1.807, 2.05) is 0 Å². The first-order valence-corrected chi connectivity index (χ1v) is 6.88. The van der Waals surface area contributed by atoms with Crippen molar-refractivity contribution in [3.8, 4) is 0 Å². The zero-order valence-corrected chi connectivity index (χ0v) is 12.1. The molecule has 1 saturated heterocycles. The van der Waals surface area contributed by atoms with Crippen molar-refractivity contribution in [3.63, 3.8) is 0 Å². The molecule has 0 aromatic heterocycles. The Morgan fingerprint density at radius 3 is 2.29 bits per heavy atom. The fourth-order valence-corrected chi connectivity index (χ4v) is 1.87. The summed E-state index contributed by atoms with van der Waals surface area (Å²) >= 11 is 0. The minimum atomic E-state index is -0.707. The lowest BCUT2D eigenvalue weighted by Crippen LogP contribution is -2.32. The topological polar surface area (TPSA) is 75.7 Å². The van der Waals surface area contributed by atoms with E-state index in [1.165, 1.54) is 0 Å². The van der Waals surface area contributed by atoms with Gasteiger partial charge in [-0.3, -0.25) is 9.59 Å². The van der Waals surface area contributed by atoms with Crippen LogP contribution in [0.25, 0.3) is 0 Å². The Labute approximate surface area is 123 Å². The molecule has 1 fully saturated rings. The smallest absolute Gasteiger partial charge is 0.325 e. The van der Waals surface area contributed by atoms with Crippen molar-refractivity contribution in [2.75, 3.05) is 0 Å². The third-order valence-corrected chi connectivity index (χ3v) is 3.08. The van der Waals surface area contributed by atoms with Gasteiger partial charge >= 0.3 is 5.97 Å². The minimum absolute atomic E-state index is 0.0892. The average Bonchev–Trinajstić information content (AvgIpc) is 2.77. The van der Waals surface area contributed by atoms with Gasteiger partial charge in [-0.1, -0.05) is 26.0 Å². The van der Waals surface area contributed by atoms with Crippen molar-refractivity contribution in [1.29, 1.82) is 0 Å². The highest BCUT2D eigenvalue weighted by Gasteiger charge is 2.33. The molecular formula is C15H18N2O4. The van der Waals surface area contributed by atoms with E-state index in [0.29, 0.717) is 23.2 Å². The van der Waals surface area contributed by atoms with E-state index < -0.39 is 17.8 Å². The van der Waals surface area contributed by atoms with E-state index in [2.05, 4.69) is 19.2 Å². The number of hydrogen-bond acceptors (Lipinski definition) is 5. The summed E-state index contributed by atoms with van der Waals surface area (Å²) in [6.45, 7) is 4.81. The number of hydroxylamine groups is 2. The molecule has 0 bridgehead atoms. The van der Waals surface area contributed by atoms with Crippen LogP contribution in [-0.4, -0.2) is 28.9 Å². The van der Waals surface area contributed by atoms with Crippen LogP contribution >= 0.6 is 0 Å². The summed E-state index contributed by atoms with van der Waals surface area (Å²) in [5.41, 5.74) is 1.34. The first-order valence-electron chi connectivity index (χ1n) is 6.88. The van der Waals surface area contributed by atoms with Gasteiger partial charge in [-0.05, 0) is 17.7 Å². The molecule has 0 saturated carbocycles. The largest absolute Gasteiger partial charge is 0.363 e. The summed E-state index contributed by atoms with van der Waals surface area (Å²) < 4.78 is 0. The molecule has 1 aliphatic heterocycles. The second-order valence-electron chi connectivity index (χ2n) is 5.19. The highest BCUT2D eigenvalue weighted by molar-refractivity contribution is 6.02. The molecule has 1 aromatic carbocycles. The zero-order chi connectivity index (χ0) is 15.4. The monoisotopic (exact) mass is 290 g/mol. The number of amides is 2.